The SMILES string of the molecule is C#CCOC(=O)N1CCCCC1C(=O)N1CCCCC1C(=O)OCCCCCCC. The normalized spacial score (nSPS) is 21.6. The van der Waals surface area contributed by atoms with Gasteiger partial charge < -0.3 is 14.4 Å². The lowest BCUT2D eigenvalue weighted by Gasteiger charge is -2.40. The zero-order chi connectivity index (χ0) is 21.8. The maximum absolute atomic E-state index is 13.3. The van der Waals surface area contributed by atoms with Gasteiger partial charge in [-0.05, 0) is 44.9 Å². The highest BCUT2D eigenvalue weighted by molar-refractivity contribution is 5.90. The molecule has 0 radical (unpaired) electrons. The molecule has 2 aliphatic rings. The van der Waals surface area contributed by atoms with Crippen LogP contribution in [0.15, 0.2) is 0 Å². The molecule has 2 heterocycles. The van der Waals surface area contributed by atoms with Gasteiger partial charge in [-0.2, -0.15) is 0 Å². The van der Waals surface area contributed by atoms with Crippen molar-refractivity contribution in [1.82, 2.24) is 9.80 Å². The first kappa shape index (κ1) is 24.0. The molecule has 0 bridgehead atoms. The molecule has 7 nitrogen and oxygen atoms in total. The number of rotatable bonds is 9. The third kappa shape index (κ3) is 6.93. The highest BCUT2D eigenvalue weighted by atomic mass is 16.6. The fourth-order valence-electron chi connectivity index (χ4n) is 4.20. The third-order valence-electron chi connectivity index (χ3n) is 5.85. The Morgan fingerprint density at radius 2 is 1.57 bits per heavy atom. The summed E-state index contributed by atoms with van der Waals surface area (Å²) in [7, 11) is 0. The molecule has 0 N–H and O–H groups in total. The first-order chi connectivity index (χ1) is 14.6. The van der Waals surface area contributed by atoms with Gasteiger partial charge in [0, 0.05) is 13.1 Å². The number of likely N-dealkylation sites (tertiary alicyclic amines) is 2. The predicted molar refractivity (Wildman–Crippen MR) is 114 cm³/mol. The highest BCUT2D eigenvalue weighted by Gasteiger charge is 2.41. The molecule has 2 fully saturated rings. The number of carbonyl (C=O) groups excluding carboxylic acids is 3. The molecule has 7 heteroatoms. The number of hydrogen-bond donors (Lipinski definition) is 0. The molecule has 2 aliphatic heterocycles. The minimum Gasteiger partial charge on any atom is -0.464 e. The van der Waals surface area contributed by atoms with Crippen LogP contribution in [0.25, 0.3) is 0 Å². The quantitative estimate of drug-likeness (QED) is 0.324. The summed E-state index contributed by atoms with van der Waals surface area (Å²) in [4.78, 5) is 41.5. The monoisotopic (exact) mass is 420 g/mol. The van der Waals surface area contributed by atoms with Gasteiger partial charge in [-0.1, -0.05) is 38.5 Å². The van der Waals surface area contributed by atoms with Gasteiger partial charge in [0.05, 0.1) is 6.61 Å². The van der Waals surface area contributed by atoms with Crippen LogP contribution in [0.4, 0.5) is 4.79 Å². The maximum atomic E-state index is 13.3. The number of piperidine rings is 2. The van der Waals surface area contributed by atoms with E-state index >= 15 is 0 Å². The van der Waals surface area contributed by atoms with E-state index in [-0.39, 0.29) is 18.5 Å². The Morgan fingerprint density at radius 1 is 0.900 bits per heavy atom. The van der Waals surface area contributed by atoms with Crippen molar-refractivity contribution in [3.63, 3.8) is 0 Å². The number of carbonyl (C=O) groups is 3. The highest BCUT2D eigenvalue weighted by Crippen LogP contribution is 2.25. The lowest BCUT2D eigenvalue weighted by atomic mass is 9.97. The first-order valence-corrected chi connectivity index (χ1v) is 11.4. The number of terminal acetylenes is 1. The zero-order valence-electron chi connectivity index (χ0n) is 18.3. The fourth-order valence-corrected chi connectivity index (χ4v) is 4.20. The summed E-state index contributed by atoms with van der Waals surface area (Å²) in [6.45, 7) is 3.42. The van der Waals surface area contributed by atoms with Crippen LogP contribution in [0.5, 0.6) is 0 Å². The molecular weight excluding hydrogens is 384 g/mol. The van der Waals surface area contributed by atoms with Crippen LogP contribution in [-0.4, -0.2) is 66.2 Å². The molecule has 2 rings (SSSR count). The Kier molecular flexibility index (Phi) is 10.5. The number of esters is 1. The lowest BCUT2D eigenvalue weighted by Crippen LogP contribution is -2.58. The molecule has 0 aromatic heterocycles. The summed E-state index contributed by atoms with van der Waals surface area (Å²) in [6.07, 6.45) is 14.6. The summed E-state index contributed by atoms with van der Waals surface area (Å²) in [5.74, 6) is 1.77. The third-order valence-corrected chi connectivity index (χ3v) is 5.85. The second kappa shape index (κ2) is 13.1. The van der Waals surface area contributed by atoms with E-state index in [0.29, 0.717) is 32.5 Å². The Balaban J connectivity index is 1.96. The first-order valence-electron chi connectivity index (χ1n) is 11.4. The van der Waals surface area contributed by atoms with Crippen LogP contribution in [0, 0.1) is 12.3 Å². The van der Waals surface area contributed by atoms with Crippen molar-refractivity contribution < 1.29 is 23.9 Å². The predicted octanol–water partition coefficient (Wildman–Crippen LogP) is 3.51. The molecule has 0 saturated carbocycles. The molecule has 0 aromatic rings. The van der Waals surface area contributed by atoms with Crippen LogP contribution < -0.4 is 0 Å². The summed E-state index contributed by atoms with van der Waals surface area (Å²) in [6, 6.07) is -1.17. The largest absolute Gasteiger partial charge is 0.464 e. The maximum Gasteiger partial charge on any atom is 0.411 e. The standard InChI is InChI=1S/C23H36N2O5/c1-3-5-6-7-12-18-29-22(27)20-14-9-10-15-24(20)21(26)19-13-8-11-16-25(19)23(28)30-17-4-2/h2,19-20H,3,5-18H2,1H3. The summed E-state index contributed by atoms with van der Waals surface area (Å²) < 4.78 is 10.6. The van der Waals surface area contributed by atoms with E-state index in [9.17, 15) is 14.4 Å². The summed E-state index contributed by atoms with van der Waals surface area (Å²) >= 11 is 0. The van der Waals surface area contributed by atoms with Gasteiger partial charge in [-0.3, -0.25) is 9.69 Å². The molecule has 0 aromatic carbocycles. The van der Waals surface area contributed by atoms with E-state index in [1.54, 1.807) is 4.90 Å². The second-order valence-corrected chi connectivity index (χ2v) is 8.09. The Bertz CT molecular complexity index is 615. The van der Waals surface area contributed by atoms with Gasteiger partial charge in [0.25, 0.3) is 0 Å². The zero-order valence-corrected chi connectivity index (χ0v) is 18.3. The smallest absolute Gasteiger partial charge is 0.411 e. The molecule has 30 heavy (non-hydrogen) atoms. The topological polar surface area (TPSA) is 76.2 Å². The Morgan fingerprint density at radius 3 is 2.27 bits per heavy atom. The number of amides is 2. The minimum atomic E-state index is -0.605. The second-order valence-electron chi connectivity index (χ2n) is 8.09. The average Bonchev–Trinajstić information content (AvgIpc) is 2.79. The molecule has 0 aliphatic carbocycles. The molecule has 2 unspecified atom stereocenters. The van der Waals surface area contributed by atoms with Crippen LogP contribution in [0.3, 0.4) is 0 Å². The van der Waals surface area contributed by atoms with E-state index in [4.69, 9.17) is 15.9 Å². The van der Waals surface area contributed by atoms with Crippen LogP contribution in [-0.2, 0) is 19.1 Å². The van der Waals surface area contributed by atoms with Gasteiger partial charge in [0.1, 0.15) is 12.1 Å². The van der Waals surface area contributed by atoms with Crippen molar-refractivity contribution in [3.8, 4) is 12.3 Å². The van der Waals surface area contributed by atoms with E-state index < -0.39 is 18.2 Å². The van der Waals surface area contributed by atoms with Gasteiger partial charge in [0.2, 0.25) is 5.91 Å². The van der Waals surface area contributed by atoms with Crippen molar-refractivity contribution in [1.29, 1.82) is 0 Å². The fraction of sp³-hybridized carbons (Fsp3) is 0.783. The van der Waals surface area contributed by atoms with Crippen LogP contribution >= 0.6 is 0 Å². The molecular formula is C23H36N2O5. The van der Waals surface area contributed by atoms with Crippen molar-refractivity contribution >= 4 is 18.0 Å². The molecule has 2 atom stereocenters. The van der Waals surface area contributed by atoms with E-state index in [2.05, 4.69) is 12.8 Å². The van der Waals surface area contributed by atoms with Crippen molar-refractivity contribution in [3.05, 3.63) is 0 Å². The Hall–Kier alpha value is -2.23. The lowest BCUT2D eigenvalue weighted by molar-refractivity contribution is -0.159. The summed E-state index contributed by atoms with van der Waals surface area (Å²) in [5.41, 5.74) is 0. The van der Waals surface area contributed by atoms with Gasteiger partial charge in [0.15, 0.2) is 6.61 Å². The van der Waals surface area contributed by atoms with Crippen molar-refractivity contribution in [2.75, 3.05) is 26.3 Å². The number of ether oxygens (including phenoxy) is 2. The average molecular weight is 421 g/mol. The molecule has 2 saturated heterocycles. The van der Waals surface area contributed by atoms with E-state index in [1.165, 1.54) is 17.7 Å². The summed E-state index contributed by atoms with van der Waals surface area (Å²) in [5, 5.41) is 0. The molecule has 0 spiro atoms. The van der Waals surface area contributed by atoms with Crippen LogP contribution in [0.2, 0.25) is 0 Å². The minimum absolute atomic E-state index is 0.118. The van der Waals surface area contributed by atoms with Crippen molar-refractivity contribution in [2.45, 2.75) is 89.6 Å². The van der Waals surface area contributed by atoms with E-state index in [1.807, 2.05) is 0 Å². The van der Waals surface area contributed by atoms with Crippen molar-refractivity contribution in [2.24, 2.45) is 0 Å². The van der Waals surface area contributed by atoms with Gasteiger partial charge >= 0.3 is 12.1 Å². The Labute approximate surface area is 180 Å². The number of nitrogens with zero attached hydrogens (tertiary/aromatic N) is 2. The number of hydrogen-bond acceptors (Lipinski definition) is 5. The van der Waals surface area contributed by atoms with Gasteiger partial charge in [-0.15, -0.1) is 6.42 Å². The molecule has 168 valence electrons. The van der Waals surface area contributed by atoms with Crippen LogP contribution in [0.1, 0.15) is 77.6 Å². The van der Waals surface area contributed by atoms with E-state index in [0.717, 1.165) is 44.9 Å². The number of unbranched alkanes of at least 4 members (excludes halogenated alkanes) is 4. The van der Waals surface area contributed by atoms with Gasteiger partial charge in [-0.25, -0.2) is 9.59 Å². The molecule has 2 amide bonds.